The maximum atomic E-state index is 10.2. The molecule has 2 atom stereocenters. The number of hydrogen-bond acceptors (Lipinski definition) is 3. The zero-order chi connectivity index (χ0) is 10.9. The summed E-state index contributed by atoms with van der Waals surface area (Å²) >= 11 is 5.95. The van der Waals surface area contributed by atoms with Gasteiger partial charge in [-0.2, -0.15) is 5.10 Å². The summed E-state index contributed by atoms with van der Waals surface area (Å²) < 4.78 is 1.66. The molecule has 0 radical (unpaired) electrons. The fourth-order valence-corrected chi connectivity index (χ4v) is 1.65. The number of rotatable bonds is 3. The number of halogens is 1. The molecule has 0 spiro atoms. The Balaban J connectivity index is 3.22. The lowest BCUT2D eigenvalue weighted by Gasteiger charge is -2.28. The molecule has 0 saturated heterocycles. The van der Waals surface area contributed by atoms with Crippen LogP contribution in [0.5, 0.6) is 0 Å². The van der Waals surface area contributed by atoms with E-state index in [1.165, 1.54) is 6.20 Å². The van der Waals surface area contributed by atoms with Gasteiger partial charge in [0.2, 0.25) is 0 Å². The lowest BCUT2D eigenvalue weighted by atomic mass is 9.94. The van der Waals surface area contributed by atoms with E-state index in [-0.39, 0.29) is 0 Å². The lowest BCUT2D eigenvalue weighted by Crippen LogP contribution is -2.42. The van der Waals surface area contributed by atoms with Crippen LogP contribution in [-0.2, 0) is 12.1 Å². The Hall–Kier alpha value is -0.580. The molecule has 1 aromatic rings. The van der Waals surface area contributed by atoms with Gasteiger partial charge in [-0.15, -0.1) is 0 Å². The minimum Gasteiger partial charge on any atom is -0.382 e. The van der Waals surface area contributed by atoms with Crippen LogP contribution in [0.25, 0.3) is 0 Å². The molecule has 0 aliphatic carbocycles. The second-order valence-electron chi connectivity index (χ2n) is 3.59. The van der Waals surface area contributed by atoms with Crippen LogP contribution >= 0.6 is 11.6 Å². The van der Waals surface area contributed by atoms with Gasteiger partial charge < -0.3 is 10.8 Å². The SMILES string of the molecule is CCn1ncc(Cl)c1C(C)(O)C(C)N. The van der Waals surface area contributed by atoms with E-state index in [0.29, 0.717) is 17.3 Å². The van der Waals surface area contributed by atoms with Gasteiger partial charge >= 0.3 is 0 Å². The zero-order valence-corrected chi connectivity index (χ0v) is 9.41. The van der Waals surface area contributed by atoms with Crippen LogP contribution in [0.3, 0.4) is 0 Å². The minimum absolute atomic E-state index is 0.401. The van der Waals surface area contributed by atoms with Crippen LogP contribution in [0.15, 0.2) is 6.20 Å². The monoisotopic (exact) mass is 217 g/mol. The first kappa shape index (κ1) is 11.5. The molecule has 0 bridgehead atoms. The highest BCUT2D eigenvalue weighted by Gasteiger charge is 2.33. The Morgan fingerprint density at radius 1 is 1.79 bits per heavy atom. The fourth-order valence-electron chi connectivity index (χ4n) is 1.32. The summed E-state index contributed by atoms with van der Waals surface area (Å²) in [6, 6.07) is -0.401. The van der Waals surface area contributed by atoms with E-state index in [4.69, 9.17) is 17.3 Å². The van der Waals surface area contributed by atoms with E-state index in [0.717, 1.165) is 0 Å². The van der Waals surface area contributed by atoms with E-state index >= 15 is 0 Å². The van der Waals surface area contributed by atoms with Crippen molar-refractivity contribution < 1.29 is 5.11 Å². The molecule has 0 aliphatic rings. The highest BCUT2D eigenvalue weighted by atomic mass is 35.5. The summed E-state index contributed by atoms with van der Waals surface area (Å²) in [6.07, 6.45) is 1.53. The predicted molar refractivity (Wildman–Crippen MR) is 56.1 cm³/mol. The summed E-state index contributed by atoms with van der Waals surface area (Å²) in [5.41, 5.74) is 5.14. The molecule has 3 N–H and O–H groups in total. The smallest absolute Gasteiger partial charge is 0.120 e. The van der Waals surface area contributed by atoms with E-state index in [1.54, 1.807) is 18.5 Å². The lowest BCUT2D eigenvalue weighted by molar-refractivity contribution is 0.0261. The average Bonchev–Trinajstić information content (AvgIpc) is 2.46. The molecule has 0 amide bonds. The summed E-state index contributed by atoms with van der Waals surface area (Å²) in [7, 11) is 0. The van der Waals surface area contributed by atoms with Crippen molar-refractivity contribution in [3.63, 3.8) is 0 Å². The quantitative estimate of drug-likeness (QED) is 0.798. The molecular formula is C9H16ClN3O. The largest absolute Gasteiger partial charge is 0.382 e. The summed E-state index contributed by atoms with van der Waals surface area (Å²) in [5, 5.41) is 14.7. The molecule has 1 aromatic heterocycles. The Kier molecular flexibility index (Phi) is 3.19. The van der Waals surface area contributed by atoms with E-state index < -0.39 is 11.6 Å². The molecular weight excluding hydrogens is 202 g/mol. The number of nitrogens with two attached hydrogens (primary N) is 1. The molecule has 4 nitrogen and oxygen atoms in total. The van der Waals surface area contributed by atoms with Gasteiger partial charge in [-0.3, -0.25) is 4.68 Å². The minimum atomic E-state index is -1.15. The molecule has 1 rings (SSSR count). The van der Waals surface area contributed by atoms with Crippen LogP contribution in [0.2, 0.25) is 5.02 Å². The maximum absolute atomic E-state index is 10.2. The summed E-state index contributed by atoms with van der Waals surface area (Å²) in [5.74, 6) is 0. The van der Waals surface area contributed by atoms with Gasteiger partial charge in [0.05, 0.1) is 16.9 Å². The second-order valence-corrected chi connectivity index (χ2v) is 4.00. The van der Waals surface area contributed by atoms with Gasteiger partial charge in [0.15, 0.2) is 0 Å². The standard InChI is InChI=1S/C9H16ClN3O/c1-4-13-8(7(10)5-12-13)9(3,14)6(2)11/h5-6,14H,4,11H2,1-3H3. The fraction of sp³-hybridized carbons (Fsp3) is 0.667. The van der Waals surface area contributed by atoms with Crippen molar-refractivity contribution in [1.29, 1.82) is 0 Å². The van der Waals surface area contributed by atoms with Crippen molar-refractivity contribution in [2.24, 2.45) is 5.73 Å². The predicted octanol–water partition coefficient (Wildman–Crippen LogP) is 1.11. The first-order valence-corrected chi connectivity index (χ1v) is 4.98. The molecule has 1 heterocycles. The number of hydrogen-bond donors (Lipinski definition) is 2. The Morgan fingerprint density at radius 3 is 2.79 bits per heavy atom. The first-order valence-electron chi connectivity index (χ1n) is 4.61. The summed E-state index contributed by atoms with van der Waals surface area (Å²) in [4.78, 5) is 0. The van der Waals surface area contributed by atoms with E-state index in [9.17, 15) is 5.11 Å². The van der Waals surface area contributed by atoms with E-state index in [1.807, 2.05) is 6.92 Å². The van der Waals surface area contributed by atoms with Crippen LogP contribution in [0.4, 0.5) is 0 Å². The third-order valence-electron chi connectivity index (χ3n) is 2.46. The Bertz CT molecular complexity index is 320. The third kappa shape index (κ3) is 1.78. The van der Waals surface area contributed by atoms with Gasteiger partial charge in [0, 0.05) is 12.6 Å². The number of aromatic nitrogens is 2. The topological polar surface area (TPSA) is 64.1 Å². The zero-order valence-electron chi connectivity index (χ0n) is 8.66. The van der Waals surface area contributed by atoms with Gasteiger partial charge in [0.1, 0.15) is 5.60 Å². The van der Waals surface area contributed by atoms with Crippen LogP contribution in [0.1, 0.15) is 26.5 Å². The molecule has 14 heavy (non-hydrogen) atoms. The molecule has 0 aliphatic heterocycles. The van der Waals surface area contributed by atoms with Gasteiger partial charge in [-0.1, -0.05) is 11.6 Å². The Morgan fingerprint density at radius 2 is 2.36 bits per heavy atom. The van der Waals surface area contributed by atoms with Crippen molar-refractivity contribution in [2.45, 2.75) is 39.0 Å². The van der Waals surface area contributed by atoms with Gasteiger partial charge in [0.25, 0.3) is 0 Å². The molecule has 80 valence electrons. The van der Waals surface area contributed by atoms with E-state index in [2.05, 4.69) is 5.10 Å². The molecule has 2 unspecified atom stereocenters. The van der Waals surface area contributed by atoms with Crippen molar-refractivity contribution in [1.82, 2.24) is 9.78 Å². The maximum Gasteiger partial charge on any atom is 0.120 e. The van der Waals surface area contributed by atoms with Crippen molar-refractivity contribution in [3.8, 4) is 0 Å². The molecule has 0 saturated carbocycles. The number of nitrogens with zero attached hydrogens (tertiary/aromatic N) is 2. The first-order chi connectivity index (χ1) is 6.41. The summed E-state index contributed by atoms with van der Waals surface area (Å²) in [6.45, 7) is 5.98. The normalized spacial score (nSPS) is 17.9. The third-order valence-corrected chi connectivity index (χ3v) is 2.74. The second kappa shape index (κ2) is 3.88. The number of aryl methyl sites for hydroxylation is 1. The van der Waals surface area contributed by atoms with Crippen LogP contribution < -0.4 is 5.73 Å². The molecule has 5 heteroatoms. The van der Waals surface area contributed by atoms with Crippen LogP contribution in [0, 0.1) is 0 Å². The number of aliphatic hydroxyl groups is 1. The van der Waals surface area contributed by atoms with Crippen molar-refractivity contribution >= 4 is 11.6 Å². The van der Waals surface area contributed by atoms with Crippen molar-refractivity contribution in [3.05, 3.63) is 16.9 Å². The van der Waals surface area contributed by atoms with Crippen molar-refractivity contribution in [2.75, 3.05) is 0 Å². The highest BCUT2D eigenvalue weighted by molar-refractivity contribution is 6.31. The molecule has 0 fully saturated rings. The van der Waals surface area contributed by atoms with Crippen LogP contribution in [-0.4, -0.2) is 20.9 Å². The average molecular weight is 218 g/mol. The Labute approximate surface area is 88.7 Å². The van der Waals surface area contributed by atoms with Gasteiger partial charge in [-0.25, -0.2) is 0 Å². The van der Waals surface area contributed by atoms with Gasteiger partial charge in [-0.05, 0) is 20.8 Å². The molecule has 0 aromatic carbocycles. The highest BCUT2D eigenvalue weighted by Crippen LogP contribution is 2.29.